The van der Waals surface area contributed by atoms with Crippen molar-refractivity contribution in [3.05, 3.63) is 48.0 Å². The van der Waals surface area contributed by atoms with Crippen molar-refractivity contribution in [3.63, 3.8) is 0 Å². The molecule has 0 radical (unpaired) electrons. The summed E-state index contributed by atoms with van der Waals surface area (Å²) >= 11 is 0. The molecule has 1 rings (SSSR count). The summed E-state index contributed by atoms with van der Waals surface area (Å²) in [4.78, 5) is 0. The van der Waals surface area contributed by atoms with E-state index in [4.69, 9.17) is 9.47 Å². The van der Waals surface area contributed by atoms with E-state index in [2.05, 4.69) is 37.8 Å². The second-order valence-corrected chi connectivity index (χ2v) is 4.85. The average molecular weight is 262 g/mol. The van der Waals surface area contributed by atoms with Crippen molar-refractivity contribution in [1.29, 1.82) is 0 Å². The fraction of sp³-hybridized carbons (Fsp3) is 0.529. The Labute approximate surface area is 117 Å². The van der Waals surface area contributed by atoms with Gasteiger partial charge in [0.25, 0.3) is 0 Å². The minimum atomic E-state index is 0.103. The summed E-state index contributed by atoms with van der Waals surface area (Å²) in [6, 6.07) is 10.5. The summed E-state index contributed by atoms with van der Waals surface area (Å²) in [7, 11) is 1.66. The molecular formula is C17H26O2. The average Bonchev–Trinajstić information content (AvgIpc) is 2.46. The zero-order valence-corrected chi connectivity index (χ0v) is 12.2. The maximum absolute atomic E-state index is 5.75. The van der Waals surface area contributed by atoms with Crippen molar-refractivity contribution in [2.75, 3.05) is 13.9 Å². The standard InChI is InChI=1S/C17H26O2/c1-4-5-9-15(2)17(19-14-18-3)13-12-16-10-7-6-8-11-16/h6-8,10-11,17H,2,4-5,9,12-14H2,1,3H3/t17-/m1/s1. The molecule has 0 aliphatic rings. The van der Waals surface area contributed by atoms with Gasteiger partial charge in [-0.1, -0.05) is 50.3 Å². The molecule has 0 aliphatic heterocycles. The van der Waals surface area contributed by atoms with Gasteiger partial charge in [0.2, 0.25) is 0 Å². The third-order valence-electron chi connectivity index (χ3n) is 3.23. The van der Waals surface area contributed by atoms with Gasteiger partial charge in [-0.2, -0.15) is 0 Å². The molecule has 2 nitrogen and oxygen atoms in total. The summed E-state index contributed by atoms with van der Waals surface area (Å²) in [6.07, 6.45) is 5.49. The van der Waals surface area contributed by atoms with Crippen LogP contribution in [-0.4, -0.2) is 20.0 Å². The molecule has 1 aromatic carbocycles. The van der Waals surface area contributed by atoms with E-state index in [-0.39, 0.29) is 6.10 Å². The van der Waals surface area contributed by atoms with E-state index in [9.17, 15) is 0 Å². The Balaban J connectivity index is 2.46. The van der Waals surface area contributed by atoms with Crippen LogP contribution in [0.15, 0.2) is 42.5 Å². The van der Waals surface area contributed by atoms with Gasteiger partial charge in [-0.25, -0.2) is 0 Å². The quantitative estimate of drug-likeness (QED) is 0.461. The van der Waals surface area contributed by atoms with E-state index in [1.54, 1.807) is 7.11 Å². The normalized spacial score (nSPS) is 12.3. The zero-order chi connectivity index (χ0) is 13.9. The first-order valence-corrected chi connectivity index (χ1v) is 7.10. The van der Waals surface area contributed by atoms with Crippen molar-refractivity contribution in [3.8, 4) is 0 Å². The monoisotopic (exact) mass is 262 g/mol. The Morgan fingerprint density at radius 3 is 2.63 bits per heavy atom. The van der Waals surface area contributed by atoms with Gasteiger partial charge in [-0.3, -0.25) is 0 Å². The summed E-state index contributed by atoms with van der Waals surface area (Å²) in [6.45, 7) is 6.71. The molecule has 19 heavy (non-hydrogen) atoms. The van der Waals surface area contributed by atoms with Crippen LogP contribution < -0.4 is 0 Å². The lowest BCUT2D eigenvalue weighted by molar-refractivity contribution is -0.0618. The van der Waals surface area contributed by atoms with Gasteiger partial charge in [0.15, 0.2) is 0 Å². The molecule has 106 valence electrons. The van der Waals surface area contributed by atoms with Crippen LogP contribution in [0.4, 0.5) is 0 Å². The molecule has 0 heterocycles. The van der Waals surface area contributed by atoms with Crippen molar-refractivity contribution < 1.29 is 9.47 Å². The zero-order valence-electron chi connectivity index (χ0n) is 12.2. The van der Waals surface area contributed by atoms with Gasteiger partial charge >= 0.3 is 0 Å². The molecule has 0 saturated carbocycles. The maximum atomic E-state index is 5.75. The fourth-order valence-electron chi connectivity index (χ4n) is 2.06. The Hall–Kier alpha value is -1.12. The Morgan fingerprint density at radius 2 is 2.00 bits per heavy atom. The van der Waals surface area contributed by atoms with Gasteiger partial charge in [-0.05, 0) is 36.8 Å². The largest absolute Gasteiger partial charge is 0.359 e. The lowest BCUT2D eigenvalue weighted by atomic mass is 9.99. The van der Waals surface area contributed by atoms with Crippen molar-refractivity contribution in [1.82, 2.24) is 0 Å². The van der Waals surface area contributed by atoms with E-state index < -0.39 is 0 Å². The molecule has 0 unspecified atom stereocenters. The molecule has 0 fully saturated rings. The number of hydrogen-bond acceptors (Lipinski definition) is 2. The van der Waals surface area contributed by atoms with E-state index >= 15 is 0 Å². The van der Waals surface area contributed by atoms with E-state index in [0.29, 0.717) is 6.79 Å². The van der Waals surface area contributed by atoms with Gasteiger partial charge in [0.1, 0.15) is 6.79 Å². The number of benzene rings is 1. The number of unbranched alkanes of at least 4 members (excludes halogenated alkanes) is 1. The molecular weight excluding hydrogens is 236 g/mol. The first-order chi connectivity index (χ1) is 9.27. The molecule has 0 saturated heterocycles. The Bertz CT molecular complexity index is 346. The van der Waals surface area contributed by atoms with Gasteiger partial charge in [0.05, 0.1) is 6.10 Å². The second kappa shape index (κ2) is 9.76. The highest BCUT2D eigenvalue weighted by Gasteiger charge is 2.13. The first-order valence-electron chi connectivity index (χ1n) is 7.10. The molecule has 0 spiro atoms. The van der Waals surface area contributed by atoms with Crippen molar-refractivity contribution >= 4 is 0 Å². The van der Waals surface area contributed by atoms with Gasteiger partial charge in [0, 0.05) is 7.11 Å². The number of aryl methyl sites for hydroxylation is 1. The molecule has 0 amide bonds. The van der Waals surface area contributed by atoms with Crippen LogP contribution in [-0.2, 0) is 15.9 Å². The highest BCUT2D eigenvalue weighted by Crippen LogP contribution is 2.18. The first kappa shape index (κ1) is 15.9. The van der Waals surface area contributed by atoms with Crippen LogP contribution in [0.1, 0.15) is 38.2 Å². The third-order valence-corrected chi connectivity index (χ3v) is 3.23. The topological polar surface area (TPSA) is 18.5 Å². The van der Waals surface area contributed by atoms with Gasteiger partial charge < -0.3 is 9.47 Å². The van der Waals surface area contributed by atoms with Crippen LogP contribution in [0.25, 0.3) is 0 Å². The predicted molar refractivity (Wildman–Crippen MR) is 80.2 cm³/mol. The van der Waals surface area contributed by atoms with E-state index in [1.807, 2.05) is 6.07 Å². The van der Waals surface area contributed by atoms with Crippen LogP contribution in [0.5, 0.6) is 0 Å². The minimum Gasteiger partial charge on any atom is -0.359 e. The minimum absolute atomic E-state index is 0.103. The summed E-state index contributed by atoms with van der Waals surface area (Å²) in [5, 5.41) is 0. The van der Waals surface area contributed by atoms with Gasteiger partial charge in [-0.15, -0.1) is 0 Å². The Kier molecular flexibility index (Phi) is 8.19. The van der Waals surface area contributed by atoms with Crippen LogP contribution in [0.3, 0.4) is 0 Å². The Morgan fingerprint density at radius 1 is 1.26 bits per heavy atom. The summed E-state index contributed by atoms with van der Waals surface area (Å²) < 4.78 is 10.8. The van der Waals surface area contributed by atoms with Crippen LogP contribution in [0, 0.1) is 0 Å². The molecule has 0 aliphatic carbocycles. The molecule has 0 N–H and O–H groups in total. The lowest BCUT2D eigenvalue weighted by Gasteiger charge is -2.20. The SMILES string of the molecule is C=C(CCCC)[C@@H](CCc1ccccc1)OCOC. The summed E-state index contributed by atoms with van der Waals surface area (Å²) in [5.41, 5.74) is 2.53. The molecule has 0 aromatic heterocycles. The van der Waals surface area contributed by atoms with Crippen LogP contribution in [0.2, 0.25) is 0 Å². The number of hydrogen-bond donors (Lipinski definition) is 0. The molecule has 1 atom stereocenters. The highest BCUT2D eigenvalue weighted by atomic mass is 16.7. The molecule has 2 heteroatoms. The fourth-order valence-corrected chi connectivity index (χ4v) is 2.06. The predicted octanol–water partition coefficient (Wildman–Crippen LogP) is 4.35. The third kappa shape index (κ3) is 6.55. The number of methoxy groups -OCH3 is 1. The number of ether oxygens (including phenoxy) is 2. The highest BCUT2D eigenvalue weighted by molar-refractivity contribution is 5.15. The smallest absolute Gasteiger partial charge is 0.147 e. The van der Waals surface area contributed by atoms with E-state index in [1.165, 1.54) is 24.0 Å². The number of rotatable bonds is 10. The van der Waals surface area contributed by atoms with E-state index in [0.717, 1.165) is 19.3 Å². The van der Waals surface area contributed by atoms with Crippen molar-refractivity contribution in [2.24, 2.45) is 0 Å². The summed E-state index contributed by atoms with van der Waals surface area (Å²) in [5.74, 6) is 0. The van der Waals surface area contributed by atoms with Crippen LogP contribution >= 0.6 is 0 Å². The maximum Gasteiger partial charge on any atom is 0.147 e. The lowest BCUT2D eigenvalue weighted by Crippen LogP contribution is -2.18. The van der Waals surface area contributed by atoms with Crippen molar-refractivity contribution in [2.45, 2.75) is 45.1 Å². The second-order valence-electron chi connectivity index (χ2n) is 4.85. The molecule has 0 bridgehead atoms. The molecule has 1 aromatic rings.